The summed E-state index contributed by atoms with van der Waals surface area (Å²) in [4.78, 5) is 17.9. The van der Waals surface area contributed by atoms with Crippen LogP contribution in [0.5, 0.6) is 5.75 Å². The van der Waals surface area contributed by atoms with Crippen molar-refractivity contribution in [2.75, 3.05) is 26.7 Å². The van der Waals surface area contributed by atoms with E-state index in [-0.39, 0.29) is 5.91 Å². The van der Waals surface area contributed by atoms with Gasteiger partial charge in [-0.2, -0.15) is 5.10 Å². The third kappa shape index (κ3) is 5.33. The van der Waals surface area contributed by atoms with E-state index in [2.05, 4.69) is 17.5 Å². The lowest BCUT2D eigenvalue weighted by Gasteiger charge is -2.28. The number of fused-ring (bicyclic) bond motifs is 1. The largest absolute Gasteiger partial charge is 0.494 e. The summed E-state index contributed by atoms with van der Waals surface area (Å²) in [6.07, 6.45) is 5.68. The third-order valence-corrected chi connectivity index (χ3v) is 6.99. The number of rotatable bonds is 10. The SMILES string of the molecule is C=CCN1CCc2c(c(CN(CC3CC3)C(=O)Cc3ccccc3)nn2-c2ccccc2OC)C1. The molecule has 0 radical (unpaired) electrons. The van der Waals surface area contributed by atoms with Gasteiger partial charge in [-0.05, 0) is 36.5 Å². The first-order valence-electron chi connectivity index (χ1n) is 12.5. The van der Waals surface area contributed by atoms with Crippen LogP contribution in [-0.4, -0.2) is 52.2 Å². The predicted molar refractivity (Wildman–Crippen MR) is 138 cm³/mol. The van der Waals surface area contributed by atoms with Gasteiger partial charge in [-0.25, -0.2) is 4.68 Å². The van der Waals surface area contributed by atoms with E-state index in [1.165, 1.54) is 24.1 Å². The maximum Gasteiger partial charge on any atom is 0.227 e. The Morgan fingerprint density at radius 2 is 1.94 bits per heavy atom. The molecule has 1 aromatic heterocycles. The van der Waals surface area contributed by atoms with Gasteiger partial charge >= 0.3 is 0 Å². The number of para-hydroxylation sites is 2. The van der Waals surface area contributed by atoms with E-state index in [1.807, 2.05) is 64.2 Å². The van der Waals surface area contributed by atoms with Crippen molar-refractivity contribution in [1.82, 2.24) is 19.6 Å². The van der Waals surface area contributed by atoms with Crippen LogP contribution >= 0.6 is 0 Å². The van der Waals surface area contributed by atoms with E-state index in [0.717, 1.165) is 55.3 Å². The van der Waals surface area contributed by atoms with Gasteiger partial charge in [0.2, 0.25) is 5.91 Å². The number of hydrogen-bond acceptors (Lipinski definition) is 4. The average molecular weight is 471 g/mol. The van der Waals surface area contributed by atoms with Crippen molar-refractivity contribution in [3.8, 4) is 11.4 Å². The van der Waals surface area contributed by atoms with Crippen LogP contribution < -0.4 is 4.74 Å². The van der Waals surface area contributed by atoms with Crippen molar-refractivity contribution in [2.24, 2.45) is 5.92 Å². The molecule has 1 fully saturated rings. The molecule has 2 aliphatic rings. The second kappa shape index (κ2) is 10.5. The minimum absolute atomic E-state index is 0.169. The lowest BCUT2D eigenvalue weighted by molar-refractivity contribution is -0.131. The molecule has 35 heavy (non-hydrogen) atoms. The molecule has 0 N–H and O–H groups in total. The fraction of sp³-hybridized carbons (Fsp3) is 0.379. The number of hydrogen-bond donors (Lipinski definition) is 0. The predicted octanol–water partition coefficient (Wildman–Crippen LogP) is 4.41. The third-order valence-electron chi connectivity index (χ3n) is 6.99. The number of benzene rings is 2. The molecule has 1 aliphatic heterocycles. The number of amides is 1. The van der Waals surface area contributed by atoms with E-state index in [9.17, 15) is 4.79 Å². The molecule has 182 valence electrons. The van der Waals surface area contributed by atoms with E-state index >= 15 is 0 Å². The summed E-state index contributed by atoms with van der Waals surface area (Å²) < 4.78 is 7.70. The smallest absolute Gasteiger partial charge is 0.227 e. The summed E-state index contributed by atoms with van der Waals surface area (Å²) in [6, 6.07) is 18.0. The molecule has 2 heterocycles. The van der Waals surface area contributed by atoms with Crippen molar-refractivity contribution < 1.29 is 9.53 Å². The molecule has 3 aromatic rings. The van der Waals surface area contributed by atoms with Crippen LogP contribution in [0.2, 0.25) is 0 Å². The Morgan fingerprint density at radius 3 is 2.69 bits per heavy atom. The van der Waals surface area contributed by atoms with Gasteiger partial charge in [-0.15, -0.1) is 6.58 Å². The standard InChI is InChI=1S/C29H34N4O2/c1-3-16-31-17-15-26-24(20-31)25(30-33(26)27-11-7-8-12-28(27)35-2)21-32(19-23-13-14-23)29(34)18-22-9-5-4-6-10-22/h3-12,23H,1,13-21H2,2H3. The molecule has 2 aromatic carbocycles. The average Bonchev–Trinajstić information content (AvgIpc) is 3.64. The molecule has 0 bridgehead atoms. The summed E-state index contributed by atoms with van der Waals surface area (Å²) in [5.41, 5.74) is 5.43. The first-order valence-corrected chi connectivity index (χ1v) is 12.5. The second-order valence-corrected chi connectivity index (χ2v) is 9.61. The Balaban J connectivity index is 1.48. The zero-order valence-electron chi connectivity index (χ0n) is 20.5. The lowest BCUT2D eigenvalue weighted by atomic mass is 10.0. The van der Waals surface area contributed by atoms with Gasteiger partial charge < -0.3 is 9.64 Å². The molecule has 5 rings (SSSR count). The van der Waals surface area contributed by atoms with Crippen LogP contribution in [0.15, 0.2) is 67.3 Å². The molecule has 0 saturated heterocycles. The lowest BCUT2D eigenvalue weighted by Crippen LogP contribution is -2.35. The zero-order chi connectivity index (χ0) is 24.2. The van der Waals surface area contributed by atoms with Crippen molar-refractivity contribution in [1.29, 1.82) is 0 Å². The number of aromatic nitrogens is 2. The summed E-state index contributed by atoms with van der Waals surface area (Å²) in [7, 11) is 1.70. The molecule has 0 spiro atoms. The Bertz CT molecular complexity index is 1180. The van der Waals surface area contributed by atoms with Crippen molar-refractivity contribution >= 4 is 5.91 Å². The van der Waals surface area contributed by atoms with Crippen molar-refractivity contribution in [3.05, 3.63) is 89.8 Å². The molecule has 6 nitrogen and oxygen atoms in total. The van der Waals surface area contributed by atoms with Crippen LogP contribution in [0, 0.1) is 5.92 Å². The summed E-state index contributed by atoms with van der Waals surface area (Å²) >= 11 is 0. The topological polar surface area (TPSA) is 50.6 Å². The minimum Gasteiger partial charge on any atom is -0.494 e. The van der Waals surface area contributed by atoms with E-state index < -0.39 is 0 Å². The van der Waals surface area contributed by atoms with Crippen LogP contribution in [0.25, 0.3) is 5.69 Å². The van der Waals surface area contributed by atoms with Gasteiger partial charge in [0.25, 0.3) is 0 Å². The molecule has 0 unspecified atom stereocenters. The summed E-state index contributed by atoms with van der Waals surface area (Å²) in [5, 5.41) is 5.11. The Hall–Kier alpha value is -3.38. The van der Waals surface area contributed by atoms with Crippen LogP contribution in [0.1, 0.15) is 35.4 Å². The molecule has 1 aliphatic carbocycles. The second-order valence-electron chi connectivity index (χ2n) is 9.61. The molecule has 0 atom stereocenters. The Kier molecular flexibility index (Phi) is 7.00. The van der Waals surface area contributed by atoms with Gasteiger partial charge in [0, 0.05) is 38.2 Å². The highest BCUT2D eigenvalue weighted by atomic mass is 16.5. The first kappa shape index (κ1) is 23.4. The fourth-order valence-electron chi connectivity index (χ4n) is 4.94. The molecule has 1 saturated carbocycles. The van der Waals surface area contributed by atoms with E-state index in [4.69, 9.17) is 9.84 Å². The molecule has 1 amide bonds. The Labute approximate surface area is 207 Å². The maximum atomic E-state index is 13.4. The minimum atomic E-state index is 0.169. The number of nitrogens with zero attached hydrogens (tertiary/aromatic N) is 4. The maximum absolute atomic E-state index is 13.4. The first-order chi connectivity index (χ1) is 17.2. The van der Waals surface area contributed by atoms with Gasteiger partial charge in [0.05, 0.1) is 31.5 Å². The monoisotopic (exact) mass is 470 g/mol. The van der Waals surface area contributed by atoms with Gasteiger partial charge in [0.1, 0.15) is 11.4 Å². The number of carbonyl (C=O) groups is 1. The van der Waals surface area contributed by atoms with Crippen molar-refractivity contribution in [3.63, 3.8) is 0 Å². The van der Waals surface area contributed by atoms with E-state index in [1.54, 1.807) is 7.11 Å². The van der Waals surface area contributed by atoms with Gasteiger partial charge in [-0.3, -0.25) is 9.69 Å². The van der Waals surface area contributed by atoms with E-state index in [0.29, 0.717) is 18.9 Å². The normalized spacial score (nSPS) is 15.5. The zero-order valence-corrected chi connectivity index (χ0v) is 20.5. The number of carbonyl (C=O) groups excluding carboxylic acids is 1. The van der Waals surface area contributed by atoms with Crippen LogP contribution in [0.4, 0.5) is 0 Å². The van der Waals surface area contributed by atoms with Crippen LogP contribution in [-0.2, 0) is 30.7 Å². The fourth-order valence-corrected chi connectivity index (χ4v) is 4.94. The Morgan fingerprint density at radius 1 is 1.17 bits per heavy atom. The molecular weight excluding hydrogens is 436 g/mol. The highest BCUT2D eigenvalue weighted by Gasteiger charge is 2.31. The summed E-state index contributed by atoms with van der Waals surface area (Å²) in [6.45, 7) is 7.88. The summed E-state index contributed by atoms with van der Waals surface area (Å²) in [5.74, 6) is 1.58. The van der Waals surface area contributed by atoms with Crippen molar-refractivity contribution in [2.45, 2.75) is 38.8 Å². The number of ether oxygens (including phenoxy) is 1. The molecular formula is C29H34N4O2. The molecule has 6 heteroatoms. The number of methoxy groups -OCH3 is 1. The van der Waals surface area contributed by atoms with Crippen LogP contribution in [0.3, 0.4) is 0 Å². The highest BCUT2D eigenvalue weighted by Crippen LogP contribution is 2.33. The van der Waals surface area contributed by atoms with Gasteiger partial charge in [-0.1, -0.05) is 48.5 Å². The highest BCUT2D eigenvalue weighted by molar-refractivity contribution is 5.78. The quantitative estimate of drug-likeness (QED) is 0.412. The van der Waals surface area contributed by atoms with Gasteiger partial charge in [0.15, 0.2) is 0 Å².